The molecule has 1 heterocycles. The van der Waals surface area contributed by atoms with Crippen LogP contribution in [0.15, 0.2) is 48.7 Å². The van der Waals surface area contributed by atoms with Crippen LogP contribution in [-0.2, 0) is 6.54 Å². The second kappa shape index (κ2) is 5.34. The molecule has 0 unspecified atom stereocenters. The number of imidazole rings is 1. The zero-order valence-electron chi connectivity index (χ0n) is 12.0. The van der Waals surface area contributed by atoms with Crippen LogP contribution in [0, 0.1) is 5.92 Å². The summed E-state index contributed by atoms with van der Waals surface area (Å²) in [5.74, 6) is 1.92. The fourth-order valence-electron chi connectivity index (χ4n) is 2.67. The molecule has 1 fully saturated rings. The smallest absolute Gasteiger partial charge is 0.120 e. The second-order valence-corrected chi connectivity index (χ2v) is 5.88. The van der Waals surface area contributed by atoms with E-state index in [0.29, 0.717) is 0 Å². The lowest BCUT2D eigenvalue weighted by Crippen LogP contribution is -2.16. The molecule has 1 aliphatic rings. The van der Waals surface area contributed by atoms with Crippen LogP contribution in [-0.4, -0.2) is 16.5 Å². The van der Waals surface area contributed by atoms with E-state index in [1.54, 1.807) is 0 Å². The normalized spacial score (nSPS) is 14.7. The van der Waals surface area contributed by atoms with Gasteiger partial charge in [0.15, 0.2) is 0 Å². The molecular weight excluding hydrogens is 258 g/mol. The maximum Gasteiger partial charge on any atom is 0.120 e. The molecule has 0 spiro atoms. The first-order valence-corrected chi connectivity index (χ1v) is 7.62. The molecule has 1 aliphatic carbocycles. The Kier molecular flexibility index (Phi) is 3.20. The molecule has 2 N–H and O–H groups in total. The van der Waals surface area contributed by atoms with E-state index < -0.39 is 0 Å². The zero-order valence-corrected chi connectivity index (χ0v) is 12.0. The molecule has 2 aromatic carbocycles. The molecule has 106 valence electrons. The average molecular weight is 277 g/mol. The molecule has 3 heteroatoms. The van der Waals surface area contributed by atoms with Crippen molar-refractivity contribution in [1.82, 2.24) is 15.3 Å². The van der Waals surface area contributed by atoms with Crippen LogP contribution in [0.4, 0.5) is 0 Å². The van der Waals surface area contributed by atoms with Crippen LogP contribution >= 0.6 is 0 Å². The Hall–Kier alpha value is -2.13. The fraction of sp³-hybridized carbons (Fsp3) is 0.278. The Bertz CT molecular complexity index is 756. The van der Waals surface area contributed by atoms with E-state index in [-0.39, 0.29) is 0 Å². The van der Waals surface area contributed by atoms with Crippen LogP contribution < -0.4 is 5.32 Å². The Balaban J connectivity index is 1.52. The third-order valence-corrected chi connectivity index (χ3v) is 4.11. The first kappa shape index (κ1) is 12.6. The first-order valence-electron chi connectivity index (χ1n) is 7.62. The fourth-order valence-corrected chi connectivity index (χ4v) is 2.67. The van der Waals surface area contributed by atoms with E-state index in [1.165, 1.54) is 29.2 Å². The van der Waals surface area contributed by atoms with E-state index >= 15 is 0 Å². The van der Waals surface area contributed by atoms with Crippen molar-refractivity contribution in [2.45, 2.75) is 19.4 Å². The summed E-state index contributed by atoms with van der Waals surface area (Å²) in [7, 11) is 0. The van der Waals surface area contributed by atoms with Crippen molar-refractivity contribution in [3.63, 3.8) is 0 Å². The number of hydrogen-bond acceptors (Lipinski definition) is 2. The van der Waals surface area contributed by atoms with Gasteiger partial charge in [0.2, 0.25) is 0 Å². The van der Waals surface area contributed by atoms with Crippen molar-refractivity contribution in [2.24, 2.45) is 5.92 Å². The third-order valence-electron chi connectivity index (χ3n) is 4.11. The molecule has 3 nitrogen and oxygen atoms in total. The van der Waals surface area contributed by atoms with Gasteiger partial charge in [-0.25, -0.2) is 4.98 Å². The molecule has 0 aliphatic heterocycles. The Morgan fingerprint density at radius 3 is 2.81 bits per heavy atom. The maximum atomic E-state index is 4.47. The van der Waals surface area contributed by atoms with Gasteiger partial charge in [-0.3, -0.25) is 0 Å². The largest absolute Gasteiger partial charge is 0.341 e. The number of H-pyrrole nitrogens is 1. The quantitative estimate of drug-likeness (QED) is 0.746. The van der Waals surface area contributed by atoms with E-state index in [4.69, 9.17) is 0 Å². The van der Waals surface area contributed by atoms with Crippen LogP contribution in [0.25, 0.3) is 22.0 Å². The van der Waals surface area contributed by atoms with Crippen molar-refractivity contribution in [2.75, 3.05) is 6.54 Å². The lowest BCUT2D eigenvalue weighted by Gasteiger charge is -2.02. The van der Waals surface area contributed by atoms with Gasteiger partial charge in [-0.15, -0.1) is 0 Å². The number of nitrogens with one attached hydrogen (secondary N) is 2. The minimum Gasteiger partial charge on any atom is -0.341 e. The summed E-state index contributed by atoms with van der Waals surface area (Å²) in [4.78, 5) is 7.89. The summed E-state index contributed by atoms with van der Waals surface area (Å²) in [5, 5.41) is 6.00. The molecule has 0 saturated heterocycles. The first-order chi connectivity index (χ1) is 10.4. The minimum atomic E-state index is 0.823. The van der Waals surface area contributed by atoms with Gasteiger partial charge in [0.25, 0.3) is 0 Å². The molecule has 1 aromatic heterocycles. The highest BCUT2D eigenvalue weighted by Gasteiger charge is 2.20. The van der Waals surface area contributed by atoms with Crippen molar-refractivity contribution in [1.29, 1.82) is 0 Å². The lowest BCUT2D eigenvalue weighted by molar-refractivity contribution is 0.623. The highest BCUT2D eigenvalue weighted by atomic mass is 15.0. The Morgan fingerprint density at radius 2 is 1.95 bits per heavy atom. The lowest BCUT2D eigenvalue weighted by atomic mass is 10.1. The van der Waals surface area contributed by atoms with Gasteiger partial charge in [0, 0.05) is 5.56 Å². The SMILES string of the molecule is c1ccc2cc(-c3cnc(CNCC4CC4)[nH]3)ccc2c1. The van der Waals surface area contributed by atoms with Crippen molar-refractivity contribution in [3.8, 4) is 11.3 Å². The number of fused-ring (bicyclic) bond motifs is 1. The molecule has 0 amide bonds. The predicted octanol–water partition coefficient (Wildman–Crippen LogP) is 3.73. The van der Waals surface area contributed by atoms with Gasteiger partial charge in [0.05, 0.1) is 18.4 Å². The monoisotopic (exact) mass is 277 g/mol. The van der Waals surface area contributed by atoms with Gasteiger partial charge >= 0.3 is 0 Å². The van der Waals surface area contributed by atoms with Gasteiger partial charge in [-0.2, -0.15) is 0 Å². The Morgan fingerprint density at radius 1 is 1.10 bits per heavy atom. The average Bonchev–Trinajstić information content (AvgIpc) is 3.23. The highest BCUT2D eigenvalue weighted by Crippen LogP contribution is 2.27. The van der Waals surface area contributed by atoms with Crippen LogP contribution in [0.2, 0.25) is 0 Å². The molecule has 4 rings (SSSR count). The number of rotatable bonds is 5. The number of hydrogen-bond donors (Lipinski definition) is 2. The summed E-state index contributed by atoms with van der Waals surface area (Å²) >= 11 is 0. The maximum absolute atomic E-state index is 4.47. The topological polar surface area (TPSA) is 40.7 Å². The predicted molar refractivity (Wildman–Crippen MR) is 86.0 cm³/mol. The highest BCUT2D eigenvalue weighted by molar-refractivity contribution is 5.86. The number of aromatic nitrogens is 2. The molecule has 0 radical (unpaired) electrons. The summed E-state index contributed by atoms with van der Waals surface area (Å²) < 4.78 is 0. The van der Waals surface area contributed by atoms with E-state index in [2.05, 4.69) is 57.7 Å². The summed E-state index contributed by atoms with van der Waals surface area (Å²) in [6.45, 7) is 1.94. The van der Waals surface area contributed by atoms with Crippen LogP contribution in [0.3, 0.4) is 0 Å². The number of aromatic amines is 1. The summed E-state index contributed by atoms with van der Waals surface area (Å²) in [6.07, 6.45) is 4.69. The molecular formula is C18H19N3. The molecule has 1 saturated carbocycles. The second-order valence-electron chi connectivity index (χ2n) is 5.88. The zero-order chi connectivity index (χ0) is 14.1. The molecule has 0 atom stereocenters. The van der Waals surface area contributed by atoms with Crippen molar-refractivity contribution in [3.05, 3.63) is 54.5 Å². The summed E-state index contributed by atoms with van der Waals surface area (Å²) in [5.41, 5.74) is 2.28. The third kappa shape index (κ3) is 2.83. The summed E-state index contributed by atoms with van der Waals surface area (Å²) in [6, 6.07) is 15.0. The number of benzene rings is 2. The molecule has 0 bridgehead atoms. The van der Waals surface area contributed by atoms with Crippen LogP contribution in [0.1, 0.15) is 18.7 Å². The minimum absolute atomic E-state index is 0.823. The Labute approximate surface area is 124 Å². The van der Waals surface area contributed by atoms with E-state index in [0.717, 1.165) is 30.5 Å². The van der Waals surface area contributed by atoms with Gasteiger partial charge in [-0.1, -0.05) is 36.4 Å². The van der Waals surface area contributed by atoms with E-state index in [1.807, 2.05) is 6.20 Å². The van der Waals surface area contributed by atoms with E-state index in [9.17, 15) is 0 Å². The van der Waals surface area contributed by atoms with Gasteiger partial charge < -0.3 is 10.3 Å². The molecule has 3 aromatic rings. The molecule has 21 heavy (non-hydrogen) atoms. The standard InChI is InChI=1S/C18H19N3/c1-2-4-15-9-16(8-7-14(15)3-1)17-11-20-18(21-17)12-19-10-13-5-6-13/h1-4,7-9,11,13,19H,5-6,10,12H2,(H,20,21). The van der Waals surface area contributed by atoms with Crippen molar-refractivity contribution >= 4 is 10.8 Å². The van der Waals surface area contributed by atoms with Gasteiger partial charge in [-0.05, 0) is 42.1 Å². The number of nitrogens with zero attached hydrogens (tertiary/aromatic N) is 1. The van der Waals surface area contributed by atoms with Crippen LogP contribution in [0.5, 0.6) is 0 Å². The van der Waals surface area contributed by atoms with Crippen molar-refractivity contribution < 1.29 is 0 Å². The van der Waals surface area contributed by atoms with Gasteiger partial charge in [0.1, 0.15) is 5.82 Å².